The molecular weight excluding hydrogens is 556 g/mol. The predicted molar refractivity (Wildman–Crippen MR) is 153 cm³/mol. The molecule has 2 aromatic carbocycles. The maximum atomic E-state index is 12.5. The molecule has 0 amide bonds. The van der Waals surface area contributed by atoms with Crippen LogP contribution >= 0.6 is 22.7 Å². The highest BCUT2D eigenvalue weighted by atomic mass is 32.1. The number of carboxylic acid groups (broad SMARTS) is 2. The Labute approximate surface area is 237 Å². The van der Waals surface area contributed by atoms with Gasteiger partial charge >= 0.3 is 11.9 Å². The van der Waals surface area contributed by atoms with E-state index in [2.05, 4.69) is 0 Å². The third kappa shape index (κ3) is 7.16. The van der Waals surface area contributed by atoms with Crippen molar-refractivity contribution in [2.45, 2.75) is 32.6 Å². The van der Waals surface area contributed by atoms with Crippen molar-refractivity contribution in [3.8, 4) is 17.2 Å². The summed E-state index contributed by atoms with van der Waals surface area (Å²) in [5, 5.41) is 19.6. The quantitative estimate of drug-likeness (QED) is 0.122. The summed E-state index contributed by atoms with van der Waals surface area (Å²) >= 11 is 2.61. The van der Waals surface area contributed by atoms with Crippen LogP contribution in [0.25, 0.3) is 20.2 Å². The highest BCUT2D eigenvalue weighted by Gasteiger charge is 2.20. The number of hydrogen-bond acceptors (Lipinski definition) is 9. The Kier molecular flexibility index (Phi) is 9.38. The van der Waals surface area contributed by atoms with Crippen molar-refractivity contribution in [2.24, 2.45) is 5.92 Å². The van der Waals surface area contributed by atoms with Gasteiger partial charge in [-0.25, -0.2) is 0 Å². The molecule has 2 aromatic heterocycles. The van der Waals surface area contributed by atoms with Crippen LogP contribution in [-0.4, -0.2) is 54.0 Å². The van der Waals surface area contributed by atoms with Crippen LogP contribution in [0.1, 0.15) is 52.0 Å². The van der Waals surface area contributed by atoms with Crippen LogP contribution in [0.3, 0.4) is 0 Å². The van der Waals surface area contributed by atoms with Gasteiger partial charge in [-0.3, -0.25) is 19.2 Å². The zero-order valence-corrected chi connectivity index (χ0v) is 23.6. The average Bonchev–Trinajstić information content (AvgIpc) is 3.54. The van der Waals surface area contributed by atoms with E-state index in [1.165, 1.54) is 36.7 Å². The molecule has 4 aromatic rings. The fourth-order valence-corrected chi connectivity index (χ4v) is 6.02. The number of hydrogen-bond donors (Lipinski definition) is 2. The molecule has 2 N–H and O–H groups in total. The average molecular weight is 585 g/mol. The number of carbonyl (C=O) groups is 4. The van der Waals surface area contributed by atoms with Gasteiger partial charge in [0.2, 0.25) is 0 Å². The summed E-state index contributed by atoms with van der Waals surface area (Å²) in [5.41, 5.74) is 0. The summed E-state index contributed by atoms with van der Waals surface area (Å²) in [4.78, 5) is 47.6. The Balaban J connectivity index is 1.32. The van der Waals surface area contributed by atoms with E-state index in [0.717, 1.165) is 20.2 Å². The summed E-state index contributed by atoms with van der Waals surface area (Å²) in [6.07, 6.45) is 0.310. The van der Waals surface area contributed by atoms with E-state index in [0.29, 0.717) is 46.6 Å². The lowest BCUT2D eigenvalue weighted by Crippen LogP contribution is -2.13. The molecule has 40 heavy (non-hydrogen) atoms. The molecule has 1 atom stereocenters. The number of rotatable bonds is 15. The highest BCUT2D eigenvalue weighted by Crippen LogP contribution is 2.37. The molecule has 9 nitrogen and oxygen atoms in total. The van der Waals surface area contributed by atoms with Crippen LogP contribution in [0.2, 0.25) is 0 Å². The van der Waals surface area contributed by atoms with Crippen molar-refractivity contribution in [1.29, 1.82) is 0 Å². The number of aliphatic carboxylic acids is 2. The molecule has 0 fully saturated rings. The van der Waals surface area contributed by atoms with Gasteiger partial charge in [0.25, 0.3) is 0 Å². The molecule has 0 aliphatic carbocycles. The fourth-order valence-electron chi connectivity index (χ4n) is 3.94. The summed E-state index contributed by atoms with van der Waals surface area (Å²) in [6, 6.07) is 12.7. The largest absolute Gasteiger partial charge is 0.493 e. The zero-order valence-electron chi connectivity index (χ0n) is 21.9. The summed E-state index contributed by atoms with van der Waals surface area (Å²) in [6.45, 7) is 2.27. The standard InChI is InChI=1S/C29H28O9S2/c1-16(29(34)35)10-21(31)27-13-18-11-22(36-2)23(15-25(18)40-27)38-9-3-8-37-19-5-4-17-12-26(39-24(17)14-19)20(30)6-7-28(32)33/h4-5,11-16H,3,6-10H2,1-2H3,(H,32,33)(H,34,35). The topological polar surface area (TPSA) is 136 Å². The van der Waals surface area contributed by atoms with Crippen LogP contribution in [0.5, 0.6) is 17.2 Å². The maximum Gasteiger partial charge on any atom is 0.306 e. The lowest BCUT2D eigenvalue weighted by molar-refractivity contribution is -0.141. The van der Waals surface area contributed by atoms with Gasteiger partial charge in [-0.05, 0) is 47.2 Å². The highest BCUT2D eigenvalue weighted by molar-refractivity contribution is 7.21. The monoisotopic (exact) mass is 584 g/mol. The third-order valence-corrected chi connectivity index (χ3v) is 8.42. The molecule has 1 unspecified atom stereocenters. The molecule has 0 bridgehead atoms. The normalized spacial score (nSPS) is 11.8. The molecule has 11 heteroatoms. The molecule has 0 radical (unpaired) electrons. The Morgan fingerprint density at radius 2 is 1.48 bits per heavy atom. The first-order valence-electron chi connectivity index (χ1n) is 12.6. The van der Waals surface area contributed by atoms with E-state index in [-0.39, 0.29) is 30.8 Å². The fraction of sp³-hybridized carbons (Fsp3) is 0.310. The summed E-state index contributed by atoms with van der Waals surface area (Å²) < 4.78 is 19.0. The van der Waals surface area contributed by atoms with Gasteiger partial charge in [-0.1, -0.05) is 6.92 Å². The smallest absolute Gasteiger partial charge is 0.306 e. The van der Waals surface area contributed by atoms with E-state index >= 15 is 0 Å². The van der Waals surface area contributed by atoms with Crippen LogP contribution in [0.15, 0.2) is 42.5 Å². The number of thiophene rings is 2. The third-order valence-electron chi connectivity index (χ3n) is 6.14. The number of carboxylic acids is 2. The number of ether oxygens (including phenoxy) is 3. The number of benzene rings is 2. The van der Waals surface area contributed by atoms with Gasteiger partial charge in [0.1, 0.15) is 5.75 Å². The van der Waals surface area contributed by atoms with E-state index in [9.17, 15) is 19.2 Å². The van der Waals surface area contributed by atoms with Gasteiger partial charge in [-0.2, -0.15) is 0 Å². The van der Waals surface area contributed by atoms with Gasteiger partial charge in [-0.15, -0.1) is 22.7 Å². The Morgan fingerprint density at radius 3 is 2.17 bits per heavy atom. The van der Waals surface area contributed by atoms with Crippen molar-refractivity contribution < 1.29 is 43.6 Å². The molecule has 4 rings (SSSR count). The number of carbonyl (C=O) groups excluding carboxylic acids is 2. The van der Waals surface area contributed by atoms with Crippen LogP contribution in [-0.2, 0) is 9.59 Å². The van der Waals surface area contributed by atoms with Crippen molar-refractivity contribution in [3.63, 3.8) is 0 Å². The minimum absolute atomic E-state index is 0.0267. The second-order valence-corrected chi connectivity index (χ2v) is 11.4. The molecule has 0 saturated carbocycles. The van der Waals surface area contributed by atoms with Gasteiger partial charge in [0, 0.05) is 34.7 Å². The molecule has 2 heterocycles. The lowest BCUT2D eigenvalue weighted by Gasteiger charge is -2.11. The predicted octanol–water partition coefficient (Wildman–Crippen LogP) is 6.31. The first-order chi connectivity index (χ1) is 19.1. The van der Waals surface area contributed by atoms with Gasteiger partial charge in [0.15, 0.2) is 23.1 Å². The minimum atomic E-state index is -1.00. The van der Waals surface area contributed by atoms with Crippen molar-refractivity contribution in [3.05, 3.63) is 52.2 Å². The molecule has 0 saturated heterocycles. The van der Waals surface area contributed by atoms with Crippen molar-refractivity contribution in [1.82, 2.24) is 0 Å². The van der Waals surface area contributed by atoms with Crippen LogP contribution < -0.4 is 14.2 Å². The lowest BCUT2D eigenvalue weighted by atomic mass is 10.0. The van der Waals surface area contributed by atoms with Crippen LogP contribution in [0.4, 0.5) is 0 Å². The summed E-state index contributed by atoms with van der Waals surface area (Å²) in [5.74, 6) is -1.42. The first kappa shape index (κ1) is 29.0. The molecule has 0 spiro atoms. The maximum absolute atomic E-state index is 12.5. The molecular formula is C29H28O9S2. The second-order valence-electron chi connectivity index (χ2n) is 9.20. The van der Waals surface area contributed by atoms with E-state index in [1.807, 2.05) is 24.3 Å². The molecule has 0 aliphatic heterocycles. The number of Topliss-reactive ketones (excluding diaryl/α,β-unsaturated/α-hetero) is 2. The molecule has 0 aliphatic rings. The Hall–Kier alpha value is -3.96. The minimum Gasteiger partial charge on any atom is -0.493 e. The first-order valence-corrected chi connectivity index (χ1v) is 14.2. The number of fused-ring (bicyclic) bond motifs is 2. The number of ketones is 2. The molecule has 210 valence electrons. The Morgan fingerprint density at radius 1 is 0.800 bits per heavy atom. The summed E-state index contributed by atoms with van der Waals surface area (Å²) in [7, 11) is 1.54. The van der Waals surface area contributed by atoms with E-state index in [1.54, 1.807) is 18.2 Å². The number of methoxy groups -OCH3 is 1. The Bertz CT molecular complexity index is 1570. The zero-order chi connectivity index (χ0) is 28.8. The van der Waals surface area contributed by atoms with Crippen molar-refractivity contribution >= 4 is 66.4 Å². The second kappa shape index (κ2) is 12.9. The van der Waals surface area contributed by atoms with E-state index in [4.69, 9.17) is 24.4 Å². The SMILES string of the molecule is COc1cc2cc(C(=O)CC(C)C(=O)O)sc2cc1OCCCOc1ccc2cc(C(=O)CCC(=O)O)sc2c1. The van der Waals surface area contributed by atoms with Crippen LogP contribution in [0, 0.1) is 5.92 Å². The van der Waals surface area contributed by atoms with Gasteiger partial charge in [0.05, 0.1) is 42.4 Å². The van der Waals surface area contributed by atoms with Crippen molar-refractivity contribution in [2.75, 3.05) is 20.3 Å². The van der Waals surface area contributed by atoms with E-state index < -0.39 is 17.9 Å². The van der Waals surface area contributed by atoms with Gasteiger partial charge < -0.3 is 24.4 Å².